The second-order valence-electron chi connectivity index (χ2n) is 9.64. The van der Waals surface area contributed by atoms with Crippen LogP contribution in [0.5, 0.6) is 0 Å². The Morgan fingerprint density at radius 2 is 2.03 bits per heavy atom. The van der Waals surface area contributed by atoms with E-state index in [4.69, 9.17) is 35.6 Å². The highest BCUT2D eigenvalue weighted by Gasteiger charge is 2.47. The monoisotopic (exact) mass is 484 g/mol. The quantitative estimate of drug-likeness (QED) is 0.236. The molecule has 0 radical (unpaired) electrons. The molecule has 180 valence electrons. The molecule has 0 spiro atoms. The normalized spacial score (nSPS) is 22.1. The van der Waals surface area contributed by atoms with Crippen molar-refractivity contribution in [3.8, 4) is 0 Å². The van der Waals surface area contributed by atoms with Crippen molar-refractivity contribution >= 4 is 31.7 Å². The highest BCUT2D eigenvalue weighted by molar-refractivity contribution is 7.80. The zero-order chi connectivity index (χ0) is 24.2. The van der Waals surface area contributed by atoms with E-state index >= 15 is 0 Å². The van der Waals surface area contributed by atoms with Gasteiger partial charge in [-0.2, -0.15) is 0 Å². The van der Waals surface area contributed by atoms with Crippen LogP contribution in [0.4, 0.5) is 0 Å². The summed E-state index contributed by atoms with van der Waals surface area (Å²) in [5, 5.41) is 0.255. The highest BCUT2D eigenvalue weighted by Crippen LogP contribution is 2.38. The van der Waals surface area contributed by atoms with Crippen molar-refractivity contribution in [1.82, 2.24) is 9.55 Å². The fraction of sp³-hybridized carbons (Fsp3) is 0.682. The molecule has 2 rings (SSSR count). The molecule has 0 N–H and O–H groups in total. The van der Waals surface area contributed by atoms with Crippen molar-refractivity contribution in [3.63, 3.8) is 0 Å². The van der Waals surface area contributed by atoms with Crippen LogP contribution < -0.4 is 0 Å². The first-order chi connectivity index (χ1) is 14.8. The van der Waals surface area contributed by atoms with Crippen LogP contribution in [-0.2, 0) is 28.2 Å². The zero-order valence-corrected chi connectivity index (χ0v) is 22.1. The van der Waals surface area contributed by atoms with Gasteiger partial charge in [0.25, 0.3) is 5.17 Å². The third-order valence-corrected chi connectivity index (χ3v) is 10.4. The minimum Gasteiger partial charge on any atom is -0.463 e. The third kappa shape index (κ3) is 7.21. The summed E-state index contributed by atoms with van der Waals surface area (Å²) in [6.07, 6.45) is 6.23. The number of aromatic nitrogens is 2. The molecule has 2 heterocycles. The molecule has 1 saturated heterocycles. The smallest absolute Gasteiger partial charge is 0.330 e. The second kappa shape index (κ2) is 10.6. The van der Waals surface area contributed by atoms with E-state index in [1.807, 2.05) is 13.8 Å². The van der Waals surface area contributed by atoms with Gasteiger partial charge in [0.15, 0.2) is 20.2 Å². The molecule has 0 amide bonds. The Morgan fingerprint density at radius 3 is 2.59 bits per heavy atom. The van der Waals surface area contributed by atoms with Crippen molar-refractivity contribution in [2.45, 2.75) is 83.8 Å². The van der Waals surface area contributed by atoms with Crippen LogP contribution in [0.25, 0.3) is 0 Å². The lowest BCUT2D eigenvalue weighted by molar-refractivity contribution is -0.154. The minimum absolute atomic E-state index is 0.0257. The lowest BCUT2D eigenvalue weighted by Crippen LogP contribution is -2.47. The fourth-order valence-corrected chi connectivity index (χ4v) is 4.12. The van der Waals surface area contributed by atoms with Crippen LogP contribution in [0.2, 0.25) is 18.1 Å². The highest BCUT2D eigenvalue weighted by atomic mass is 32.1. The molecule has 1 aromatic heterocycles. The number of hydrogen-bond acceptors (Lipinski definition) is 8. The van der Waals surface area contributed by atoms with Gasteiger partial charge in [-0.25, -0.2) is 9.78 Å². The van der Waals surface area contributed by atoms with Gasteiger partial charge in [-0.1, -0.05) is 20.8 Å². The van der Waals surface area contributed by atoms with Gasteiger partial charge in [-0.3, -0.25) is 4.57 Å². The SMILES string of the molecule is CCOC(=O)/C=C/[C@@H]1OC(C)(C)O[C@@H]1[C@@H](CO[Si](C)(C)C(C)(C)C)OC(=S)n1ccnc1. The average Bonchev–Trinajstić information content (AvgIpc) is 3.30. The molecule has 1 aromatic rings. The van der Waals surface area contributed by atoms with E-state index in [0.29, 0.717) is 6.61 Å². The summed E-state index contributed by atoms with van der Waals surface area (Å²) in [4.78, 5) is 15.9. The number of carbonyl (C=O) groups excluding carboxylic acids is 1. The average molecular weight is 485 g/mol. The van der Waals surface area contributed by atoms with Crippen molar-refractivity contribution in [2.24, 2.45) is 0 Å². The molecule has 0 saturated carbocycles. The summed E-state index contributed by atoms with van der Waals surface area (Å²) < 4.78 is 31.4. The molecule has 0 bridgehead atoms. The summed E-state index contributed by atoms with van der Waals surface area (Å²) in [5.74, 6) is -1.31. The Kier molecular flexibility index (Phi) is 8.80. The first-order valence-corrected chi connectivity index (χ1v) is 14.1. The van der Waals surface area contributed by atoms with E-state index < -0.39 is 38.4 Å². The number of hydrogen-bond donors (Lipinski definition) is 0. The van der Waals surface area contributed by atoms with E-state index in [2.05, 4.69) is 38.8 Å². The molecule has 1 aliphatic rings. The molecule has 3 atom stereocenters. The molecule has 0 unspecified atom stereocenters. The Bertz CT molecular complexity index is 804. The van der Waals surface area contributed by atoms with Gasteiger partial charge in [0, 0.05) is 18.5 Å². The number of esters is 1. The zero-order valence-electron chi connectivity index (χ0n) is 20.3. The van der Waals surface area contributed by atoms with Crippen LogP contribution in [0.3, 0.4) is 0 Å². The van der Waals surface area contributed by atoms with Crippen molar-refractivity contribution < 1.29 is 28.2 Å². The fourth-order valence-electron chi connectivity index (χ4n) is 2.88. The molecule has 32 heavy (non-hydrogen) atoms. The Balaban J connectivity index is 2.27. The summed E-state index contributed by atoms with van der Waals surface area (Å²) in [7, 11) is -2.07. The van der Waals surface area contributed by atoms with Crippen molar-refractivity contribution in [2.75, 3.05) is 13.2 Å². The maximum Gasteiger partial charge on any atom is 0.330 e. The number of nitrogens with zero attached hydrogens (tertiary/aromatic N) is 2. The van der Waals surface area contributed by atoms with Crippen molar-refractivity contribution in [3.05, 3.63) is 30.9 Å². The van der Waals surface area contributed by atoms with Crippen LogP contribution in [0.1, 0.15) is 41.5 Å². The summed E-state index contributed by atoms with van der Waals surface area (Å²) in [6.45, 7) is 16.8. The second-order valence-corrected chi connectivity index (χ2v) is 14.8. The van der Waals surface area contributed by atoms with Crippen LogP contribution in [0, 0.1) is 0 Å². The van der Waals surface area contributed by atoms with Gasteiger partial charge >= 0.3 is 5.97 Å². The van der Waals surface area contributed by atoms with E-state index in [-0.39, 0.29) is 16.8 Å². The van der Waals surface area contributed by atoms with E-state index in [9.17, 15) is 4.79 Å². The predicted octanol–water partition coefficient (Wildman–Crippen LogP) is 4.06. The number of imidazole rings is 1. The van der Waals surface area contributed by atoms with E-state index in [1.54, 1.807) is 36.3 Å². The van der Waals surface area contributed by atoms with Gasteiger partial charge in [0.05, 0.1) is 13.2 Å². The Morgan fingerprint density at radius 1 is 1.34 bits per heavy atom. The van der Waals surface area contributed by atoms with Gasteiger partial charge in [-0.05, 0) is 57.2 Å². The van der Waals surface area contributed by atoms with Crippen molar-refractivity contribution in [1.29, 1.82) is 0 Å². The topological polar surface area (TPSA) is 81.0 Å². The molecule has 1 aliphatic heterocycles. The van der Waals surface area contributed by atoms with Gasteiger partial charge in [0.1, 0.15) is 18.5 Å². The van der Waals surface area contributed by atoms with Gasteiger partial charge in [0.2, 0.25) is 0 Å². The Labute approximate surface area is 197 Å². The largest absolute Gasteiger partial charge is 0.463 e. The summed E-state index contributed by atoms with van der Waals surface area (Å²) in [6, 6.07) is 0. The van der Waals surface area contributed by atoms with E-state index in [0.717, 1.165) is 0 Å². The maximum atomic E-state index is 11.9. The van der Waals surface area contributed by atoms with Gasteiger partial charge in [-0.15, -0.1) is 0 Å². The molecule has 0 aromatic carbocycles. The summed E-state index contributed by atoms with van der Waals surface area (Å²) >= 11 is 5.47. The molecule has 1 fully saturated rings. The number of carbonyl (C=O) groups is 1. The lowest BCUT2D eigenvalue weighted by Gasteiger charge is -2.38. The maximum absolute atomic E-state index is 11.9. The molecular weight excluding hydrogens is 448 g/mol. The van der Waals surface area contributed by atoms with Crippen LogP contribution >= 0.6 is 12.2 Å². The molecule has 8 nitrogen and oxygen atoms in total. The summed E-state index contributed by atoms with van der Waals surface area (Å²) in [5.41, 5.74) is 0. The molecular formula is C22H36N2O6SSi. The van der Waals surface area contributed by atoms with Crippen LogP contribution in [0.15, 0.2) is 30.9 Å². The third-order valence-electron chi connectivity index (χ3n) is 5.62. The standard InChI is InChI=1S/C22H36N2O6SSi/c1-9-26-18(25)11-10-16-19(30-22(5,6)29-16)17(14-27-32(7,8)21(2,3)4)28-20(31)24-13-12-23-15-24/h10-13,15-17,19H,9,14H2,1-8H3/b11-10+/t16-,17+,19-/m0/s1. The molecule has 0 aliphatic carbocycles. The number of rotatable bonds is 8. The first-order valence-electron chi connectivity index (χ1n) is 10.8. The van der Waals surface area contributed by atoms with Crippen LogP contribution in [-0.4, -0.2) is 66.3 Å². The minimum atomic E-state index is -2.07. The molecule has 10 heteroatoms. The Hall–Kier alpha value is -1.59. The number of thiocarbonyl (C=S) groups is 1. The van der Waals surface area contributed by atoms with E-state index in [1.165, 1.54) is 6.08 Å². The lowest BCUT2D eigenvalue weighted by atomic mass is 10.1. The van der Waals surface area contributed by atoms with Gasteiger partial charge < -0.3 is 23.4 Å². The first kappa shape index (κ1) is 26.7. The number of ether oxygens (including phenoxy) is 4. The predicted molar refractivity (Wildman–Crippen MR) is 128 cm³/mol.